The Bertz CT molecular complexity index is 301. The quantitative estimate of drug-likeness (QED) is 0.714. The number of rotatable bonds is 2. The molecule has 1 aliphatic rings. The highest BCUT2D eigenvalue weighted by atomic mass is 15.2. The van der Waals surface area contributed by atoms with Gasteiger partial charge in [0.2, 0.25) is 0 Å². The van der Waals surface area contributed by atoms with Gasteiger partial charge in [-0.05, 0) is 24.6 Å². The number of nitrogens with two attached hydrogens (primary N) is 1. The lowest BCUT2D eigenvalue weighted by atomic mass is 10.1. The zero-order valence-corrected chi connectivity index (χ0v) is 9.24. The average Bonchev–Trinajstić information content (AvgIpc) is 2.30. The molecule has 1 aromatic carbocycles. The average molecular weight is 205 g/mol. The molecule has 1 atom stereocenters. The maximum atomic E-state index is 5.68. The van der Waals surface area contributed by atoms with Crippen molar-refractivity contribution in [2.24, 2.45) is 0 Å². The standard InChI is InChI=1S/C12H19N3/c1-10(15-8-6-14-7-9-15)11-2-4-12(13)5-3-11/h2-5,10,14H,6-9,13H2,1H3. The van der Waals surface area contributed by atoms with E-state index in [0.717, 1.165) is 31.9 Å². The molecule has 0 saturated carbocycles. The van der Waals surface area contributed by atoms with Crippen molar-refractivity contribution in [2.45, 2.75) is 13.0 Å². The fraction of sp³-hybridized carbons (Fsp3) is 0.500. The van der Waals surface area contributed by atoms with E-state index in [4.69, 9.17) is 5.73 Å². The van der Waals surface area contributed by atoms with Crippen molar-refractivity contribution in [3.63, 3.8) is 0 Å². The fourth-order valence-corrected chi connectivity index (χ4v) is 2.05. The topological polar surface area (TPSA) is 41.3 Å². The molecule has 1 fully saturated rings. The normalized spacial score (nSPS) is 20.1. The van der Waals surface area contributed by atoms with Crippen LogP contribution in [0.5, 0.6) is 0 Å². The smallest absolute Gasteiger partial charge is 0.0320 e. The van der Waals surface area contributed by atoms with Crippen LogP contribution in [0.2, 0.25) is 0 Å². The predicted molar refractivity (Wildman–Crippen MR) is 63.7 cm³/mol. The number of benzene rings is 1. The van der Waals surface area contributed by atoms with Crippen LogP contribution in [0.3, 0.4) is 0 Å². The van der Waals surface area contributed by atoms with E-state index in [1.54, 1.807) is 0 Å². The number of piperazine rings is 1. The molecule has 15 heavy (non-hydrogen) atoms. The molecular formula is C12H19N3. The van der Waals surface area contributed by atoms with E-state index in [1.807, 2.05) is 12.1 Å². The van der Waals surface area contributed by atoms with Crippen LogP contribution in [0.1, 0.15) is 18.5 Å². The van der Waals surface area contributed by atoms with Gasteiger partial charge in [-0.1, -0.05) is 12.1 Å². The number of hydrogen-bond donors (Lipinski definition) is 2. The van der Waals surface area contributed by atoms with Crippen LogP contribution in [0.15, 0.2) is 24.3 Å². The van der Waals surface area contributed by atoms with E-state index in [1.165, 1.54) is 5.56 Å². The summed E-state index contributed by atoms with van der Waals surface area (Å²) < 4.78 is 0. The first-order valence-corrected chi connectivity index (χ1v) is 5.57. The molecule has 0 aromatic heterocycles. The molecule has 82 valence electrons. The van der Waals surface area contributed by atoms with Gasteiger partial charge >= 0.3 is 0 Å². The Hall–Kier alpha value is -1.06. The van der Waals surface area contributed by atoms with Gasteiger partial charge in [0, 0.05) is 37.9 Å². The summed E-state index contributed by atoms with van der Waals surface area (Å²) in [4.78, 5) is 2.50. The van der Waals surface area contributed by atoms with Crippen LogP contribution in [-0.2, 0) is 0 Å². The molecule has 3 N–H and O–H groups in total. The summed E-state index contributed by atoms with van der Waals surface area (Å²) in [5, 5.41) is 3.37. The van der Waals surface area contributed by atoms with Gasteiger partial charge in [-0.3, -0.25) is 4.90 Å². The predicted octanol–water partition coefficient (Wildman–Crippen LogP) is 1.24. The van der Waals surface area contributed by atoms with Crippen molar-refractivity contribution in [2.75, 3.05) is 31.9 Å². The zero-order valence-electron chi connectivity index (χ0n) is 9.24. The Balaban J connectivity index is 2.05. The van der Waals surface area contributed by atoms with Crippen LogP contribution in [0.25, 0.3) is 0 Å². The van der Waals surface area contributed by atoms with E-state index < -0.39 is 0 Å². The zero-order chi connectivity index (χ0) is 10.7. The minimum Gasteiger partial charge on any atom is -0.399 e. The van der Waals surface area contributed by atoms with Gasteiger partial charge in [0.1, 0.15) is 0 Å². The van der Waals surface area contributed by atoms with Crippen molar-refractivity contribution in [3.05, 3.63) is 29.8 Å². The molecule has 3 nitrogen and oxygen atoms in total. The van der Waals surface area contributed by atoms with Crippen molar-refractivity contribution in [3.8, 4) is 0 Å². The first-order chi connectivity index (χ1) is 7.27. The minimum atomic E-state index is 0.493. The van der Waals surface area contributed by atoms with Gasteiger partial charge in [-0.2, -0.15) is 0 Å². The van der Waals surface area contributed by atoms with E-state index in [2.05, 4.69) is 29.3 Å². The van der Waals surface area contributed by atoms with Crippen molar-refractivity contribution < 1.29 is 0 Å². The molecule has 0 spiro atoms. The van der Waals surface area contributed by atoms with Gasteiger partial charge in [-0.15, -0.1) is 0 Å². The molecule has 1 heterocycles. The first kappa shape index (κ1) is 10.5. The molecule has 0 aliphatic carbocycles. The Kier molecular flexibility index (Phi) is 3.23. The lowest BCUT2D eigenvalue weighted by molar-refractivity contribution is 0.185. The fourth-order valence-electron chi connectivity index (χ4n) is 2.05. The summed E-state index contributed by atoms with van der Waals surface area (Å²) in [6.45, 7) is 6.71. The Morgan fingerprint density at radius 1 is 1.20 bits per heavy atom. The van der Waals surface area contributed by atoms with E-state index in [-0.39, 0.29) is 0 Å². The maximum absolute atomic E-state index is 5.68. The van der Waals surface area contributed by atoms with E-state index >= 15 is 0 Å². The van der Waals surface area contributed by atoms with Crippen molar-refractivity contribution in [1.29, 1.82) is 0 Å². The summed E-state index contributed by atoms with van der Waals surface area (Å²) >= 11 is 0. The van der Waals surface area contributed by atoms with E-state index in [9.17, 15) is 0 Å². The van der Waals surface area contributed by atoms with Crippen LogP contribution < -0.4 is 11.1 Å². The Labute approximate surface area is 91.3 Å². The molecule has 1 aliphatic heterocycles. The minimum absolute atomic E-state index is 0.493. The SMILES string of the molecule is CC(c1ccc(N)cc1)N1CCNCC1. The maximum Gasteiger partial charge on any atom is 0.0320 e. The molecule has 0 bridgehead atoms. The Morgan fingerprint density at radius 2 is 1.80 bits per heavy atom. The van der Waals surface area contributed by atoms with E-state index in [0.29, 0.717) is 6.04 Å². The summed E-state index contributed by atoms with van der Waals surface area (Å²) in [5.74, 6) is 0. The molecule has 2 rings (SSSR count). The van der Waals surface area contributed by atoms with Crippen molar-refractivity contribution in [1.82, 2.24) is 10.2 Å². The third-order valence-corrected chi connectivity index (χ3v) is 3.12. The third kappa shape index (κ3) is 2.49. The second-order valence-corrected chi connectivity index (χ2v) is 4.13. The van der Waals surface area contributed by atoms with Gasteiger partial charge in [0.05, 0.1) is 0 Å². The summed E-state index contributed by atoms with van der Waals surface area (Å²) in [5.41, 5.74) is 7.87. The van der Waals surface area contributed by atoms with Crippen LogP contribution in [0, 0.1) is 0 Å². The highest BCUT2D eigenvalue weighted by Gasteiger charge is 2.17. The van der Waals surface area contributed by atoms with Gasteiger partial charge < -0.3 is 11.1 Å². The Morgan fingerprint density at radius 3 is 2.40 bits per heavy atom. The molecule has 0 amide bonds. The van der Waals surface area contributed by atoms with Crippen LogP contribution in [0.4, 0.5) is 5.69 Å². The number of hydrogen-bond acceptors (Lipinski definition) is 3. The molecular weight excluding hydrogens is 186 g/mol. The number of nitrogens with one attached hydrogen (secondary N) is 1. The molecule has 3 heteroatoms. The molecule has 1 saturated heterocycles. The highest BCUT2D eigenvalue weighted by molar-refractivity contribution is 5.40. The second kappa shape index (κ2) is 4.64. The highest BCUT2D eigenvalue weighted by Crippen LogP contribution is 2.21. The van der Waals surface area contributed by atoms with Gasteiger partial charge in [0.25, 0.3) is 0 Å². The number of nitrogen functional groups attached to an aromatic ring is 1. The molecule has 0 radical (unpaired) electrons. The third-order valence-electron chi connectivity index (χ3n) is 3.12. The number of nitrogens with zero attached hydrogens (tertiary/aromatic N) is 1. The summed E-state index contributed by atoms with van der Waals surface area (Å²) in [6.07, 6.45) is 0. The lowest BCUT2D eigenvalue weighted by Crippen LogP contribution is -2.44. The molecule has 1 unspecified atom stereocenters. The van der Waals surface area contributed by atoms with Crippen molar-refractivity contribution >= 4 is 5.69 Å². The first-order valence-electron chi connectivity index (χ1n) is 5.57. The van der Waals surface area contributed by atoms with Crippen LogP contribution in [-0.4, -0.2) is 31.1 Å². The lowest BCUT2D eigenvalue weighted by Gasteiger charge is -2.33. The summed E-state index contributed by atoms with van der Waals surface area (Å²) in [7, 11) is 0. The largest absolute Gasteiger partial charge is 0.399 e. The summed E-state index contributed by atoms with van der Waals surface area (Å²) in [6, 6.07) is 8.71. The van der Waals surface area contributed by atoms with Crippen LogP contribution >= 0.6 is 0 Å². The van der Waals surface area contributed by atoms with Gasteiger partial charge in [0.15, 0.2) is 0 Å². The second-order valence-electron chi connectivity index (χ2n) is 4.13. The number of anilines is 1. The van der Waals surface area contributed by atoms with Gasteiger partial charge in [-0.25, -0.2) is 0 Å². The monoisotopic (exact) mass is 205 g/mol. The molecule has 1 aromatic rings.